The minimum Gasteiger partial charge on any atom is -0.480 e. The first kappa shape index (κ1) is 21.8. The van der Waals surface area contributed by atoms with Gasteiger partial charge in [0.15, 0.2) is 17.0 Å². The zero-order valence-electron chi connectivity index (χ0n) is 18.0. The SMILES string of the molecule is CCCCNc1nc(N)c2nc(O)n(Cc3cccc([PH](=O)Cc4ccccc4)c3)c2n1. The van der Waals surface area contributed by atoms with Crippen LogP contribution in [-0.2, 0) is 17.3 Å². The van der Waals surface area contributed by atoms with Gasteiger partial charge in [-0.1, -0.05) is 61.9 Å². The van der Waals surface area contributed by atoms with E-state index in [0.29, 0.717) is 29.8 Å². The van der Waals surface area contributed by atoms with Gasteiger partial charge in [0, 0.05) is 18.0 Å². The molecule has 0 spiro atoms. The van der Waals surface area contributed by atoms with Crippen LogP contribution in [0.1, 0.15) is 30.9 Å². The van der Waals surface area contributed by atoms with Crippen LogP contribution in [0.3, 0.4) is 0 Å². The van der Waals surface area contributed by atoms with Gasteiger partial charge in [0.25, 0.3) is 6.01 Å². The van der Waals surface area contributed by atoms with Gasteiger partial charge in [0.1, 0.15) is 7.80 Å². The van der Waals surface area contributed by atoms with Crippen molar-refractivity contribution in [1.82, 2.24) is 19.5 Å². The molecule has 4 aromatic rings. The van der Waals surface area contributed by atoms with E-state index >= 15 is 0 Å². The predicted molar refractivity (Wildman–Crippen MR) is 129 cm³/mol. The van der Waals surface area contributed by atoms with Gasteiger partial charge in [-0.25, -0.2) is 0 Å². The van der Waals surface area contributed by atoms with Crippen molar-refractivity contribution in [3.05, 3.63) is 65.7 Å². The molecule has 2 aromatic carbocycles. The van der Waals surface area contributed by atoms with Crippen LogP contribution in [0.15, 0.2) is 54.6 Å². The van der Waals surface area contributed by atoms with Crippen LogP contribution in [0.4, 0.5) is 11.8 Å². The van der Waals surface area contributed by atoms with Crippen LogP contribution < -0.4 is 16.4 Å². The van der Waals surface area contributed by atoms with Crippen LogP contribution in [0.25, 0.3) is 11.2 Å². The molecule has 1 unspecified atom stereocenters. The Bertz CT molecular complexity index is 1240. The van der Waals surface area contributed by atoms with Crippen molar-refractivity contribution < 1.29 is 9.67 Å². The second-order valence-electron chi connectivity index (χ2n) is 7.67. The monoisotopic (exact) mass is 450 g/mol. The first-order valence-corrected chi connectivity index (χ1v) is 12.3. The van der Waals surface area contributed by atoms with Crippen molar-refractivity contribution >= 4 is 36.0 Å². The molecule has 0 saturated carbocycles. The highest BCUT2D eigenvalue weighted by atomic mass is 31.1. The van der Waals surface area contributed by atoms with E-state index in [0.717, 1.165) is 35.8 Å². The summed E-state index contributed by atoms with van der Waals surface area (Å²) in [5, 5.41) is 14.4. The van der Waals surface area contributed by atoms with Gasteiger partial charge in [0.05, 0.1) is 6.54 Å². The summed E-state index contributed by atoms with van der Waals surface area (Å²) in [6.45, 7) is 3.16. The van der Waals surface area contributed by atoms with Crippen LogP contribution in [-0.4, -0.2) is 31.2 Å². The summed E-state index contributed by atoms with van der Waals surface area (Å²) in [5.74, 6) is 0.621. The number of hydrogen-bond acceptors (Lipinski definition) is 7. The van der Waals surface area contributed by atoms with Gasteiger partial charge < -0.3 is 20.7 Å². The molecule has 1 atom stereocenters. The van der Waals surface area contributed by atoms with E-state index in [2.05, 4.69) is 27.2 Å². The molecule has 32 heavy (non-hydrogen) atoms. The predicted octanol–water partition coefficient (Wildman–Crippen LogP) is 3.76. The maximum absolute atomic E-state index is 12.9. The Morgan fingerprint density at radius 3 is 2.62 bits per heavy atom. The molecule has 2 aromatic heterocycles. The fourth-order valence-corrected chi connectivity index (χ4v) is 4.96. The van der Waals surface area contributed by atoms with E-state index in [4.69, 9.17) is 5.73 Å². The molecule has 0 saturated heterocycles. The van der Waals surface area contributed by atoms with Gasteiger partial charge in [-0.05, 0) is 23.6 Å². The number of aromatic hydroxyl groups is 1. The first-order chi connectivity index (χ1) is 15.5. The summed E-state index contributed by atoms with van der Waals surface area (Å²) < 4.78 is 14.5. The number of rotatable bonds is 9. The zero-order chi connectivity index (χ0) is 22.5. The molecule has 2 heterocycles. The van der Waals surface area contributed by atoms with Crippen LogP contribution in [0.2, 0.25) is 0 Å². The summed E-state index contributed by atoms with van der Waals surface area (Å²) in [6.07, 6.45) is 2.55. The minimum absolute atomic E-state index is 0.186. The lowest BCUT2D eigenvalue weighted by atomic mass is 10.2. The van der Waals surface area contributed by atoms with Gasteiger partial charge in [-0.3, -0.25) is 4.57 Å². The number of imidazole rings is 1. The van der Waals surface area contributed by atoms with Crippen molar-refractivity contribution in [1.29, 1.82) is 0 Å². The maximum Gasteiger partial charge on any atom is 0.296 e. The summed E-state index contributed by atoms with van der Waals surface area (Å²) in [5.41, 5.74) is 8.81. The molecule has 9 heteroatoms. The molecular formula is C23H27N6O2P. The summed E-state index contributed by atoms with van der Waals surface area (Å²) >= 11 is 0. The zero-order valence-corrected chi connectivity index (χ0v) is 19.0. The smallest absolute Gasteiger partial charge is 0.296 e. The number of aromatic nitrogens is 4. The Balaban J connectivity index is 1.59. The van der Waals surface area contributed by atoms with Gasteiger partial charge in [-0.15, -0.1) is 0 Å². The third-order valence-electron chi connectivity index (χ3n) is 5.21. The summed E-state index contributed by atoms with van der Waals surface area (Å²) in [6, 6.07) is 17.2. The van der Waals surface area contributed by atoms with E-state index < -0.39 is 7.80 Å². The number of nitrogens with one attached hydrogen (secondary N) is 1. The Hall–Kier alpha value is -3.38. The molecule has 0 amide bonds. The third-order valence-corrected chi connectivity index (χ3v) is 6.90. The summed E-state index contributed by atoms with van der Waals surface area (Å²) in [7, 11) is -1.99. The standard InChI is InChI=1S/C23H27N6O2P/c1-2-3-12-25-22-27-20(24)19-21(28-22)29(23(30)26-19)14-17-10-7-11-18(13-17)32(31)15-16-8-5-4-6-9-16/h4-11,13,32H,2-3,12,14-15H2,1H3,(H,26,30)(H3,24,25,27,28). The van der Waals surface area contributed by atoms with Crippen molar-refractivity contribution in [2.45, 2.75) is 32.5 Å². The van der Waals surface area contributed by atoms with E-state index in [1.165, 1.54) is 0 Å². The number of unbranched alkanes of at least 4 members (excludes halogenated alkanes) is 1. The molecule has 0 aliphatic heterocycles. The quantitative estimate of drug-likeness (QED) is 0.262. The molecule has 8 nitrogen and oxygen atoms in total. The van der Waals surface area contributed by atoms with Crippen molar-refractivity contribution in [3.8, 4) is 6.01 Å². The van der Waals surface area contributed by atoms with Crippen LogP contribution in [0.5, 0.6) is 6.01 Å². The Morgan fingerprint density at radius 1 is 1.06 bits per heavy atom. The average molecular weight is 450 g/mol. The second kappa shape index (κ2) is 9.83. The van der Waals surface area contributed by atoms with E-state index in [9.17, 15) is 9.67 Å². The topological polar surface area (TPSA) is 119 Å². The van der Waals surface area contributed by atoms with Gasteiger partial charge in [-0.2, -0.15) is 15.0 Å². The van der Waals surface area contributed by atoms with E-state index in [1.54, 1.807) is 4.57 Å². The number of anilines is 2. The Labute approximate surface area is 187 Å². The fourth-order valence-electron chi connectivity index (χ4n) is 3.52. The van der Waals surface area contributed by atoms with Crippen molar-refractivity contribution in [2.75, 3.05) is 17.6 Å². The molecule has 0 aliphatic rings. The normalized spacial score (nSPS) is 12.2. The van der Waals surface area contributed by atoms with Crippen molar-refractivity contribution in [3.63, 3.8) is 0 Å². The number of benzene rings is 2. The molecule has 0 fully saturated rings. The van der Waals surface area contributed by atoms with Crippen molar-refractivity contribution in [2.24, 2.45) is 0 Å². The molecular weight excluding hydrogens is 423 g/mol. The number of nitrogens with zero attached hydrogens (tertiary/aromatic N) is 4. The third kappa shape index (κ3) is 4.92. The fraction of sp³-hybridized carbons (Fsp3) is 0.261. The first-order valence-electron chi connectivity index (χ1n) is 10.7. The van der Waals surface area contributed by atoms with E-state index in [1.807, 2.05) is 54.6 Å². The highest BCUT2D eigenvalue weighted by molar-refractivity contribution is 7.52. The minimum atomic E-state index is -1.99. The lowest BCUT2D eigenvalue weighted by molar-refractivity contribution is 0.408. The Morgan fingerprint density at radius 2 is 1.84 bits per heavy atom. The molecule has 4 N–H and O–H groups in total. The number of fused-ring (bicyclic) bond motifs is 1. The van der Waals surface area contributed by atoms with Crippen LogP contribution >= 0.6 is 7.80 Å². The lowest BCUT2D eigenvalue weighted by Crippen LogP contribution is -2.09. The largest absolute Gasteiger partial charge is 0.480 e. The highest BCUT2D eigenvalue weighted by Gasteiger charge is 2.17. The van der Waals surface area contributed by atoms with Gasteiger partial charge >= 0.3 is 0 Å². The van der Waals surface area contributed by atoms with Gasteiger partial charge in [0.2, 0.25) is 5.95 Å². The molecule has 0 bridgehead atoms. The summed E-state index contributed by atoms with van der Waals surface area (Å²) in [4.78, 5) is 12.9. The van der Waals surface area contributed by atoms with Crippen LogP contribution in [0, 0.1) is 0 Å². The Kier molecular flexibility index (Phi) is 6.71. The van der Waals surface area contributed by atoms with E-state index in [-0.39, 0.29) is 11.8 Å². The molecule has 0 radical (unpaired) electrons. The molecule has 166 valence electrons. The molecule has 0 aliphatic carbocycles. The number of nitrogens with two attached hydrogens (primary N) is 1. The average Bonchev–Trinajstić information content (AvgIpc) is 3.11. The highest BCUT2D eigenvalue weighted by Crippen LogP contribution is 2.28. The lowest BCUT2D eigenvalue weighted by Gasteiger charge is -2.09. The maximum atomic E-state index is 12.9. The number of hydrogen-bond donors (Lipinski definition) is 3. The number of nitrogen functional groups attached to an aromatic ring is 1. The second-order valence-corrected chi connectivity index (χ2v) is 9.45. The molecule has 4 rings (SSSR count).